The summed E-state index contributed by atoms with van der Waals surface area (Å²) in [6.07, 6.45) is -3.77. The SMILES string of the molecule is COc1cccc(NC(=O)N2CCC(C(=O)NCC(F)(F)F)CC2)c1. The molecule has 1 saturated heterocycles. The van der Waals surface area contributed by atoms with E-state index < -0.39 is 24.5 Å². The summed E-state index contributed by atoms with van der Waals surface area (Å²) in [5.41, 5.74) is 0.578. The third-order valence-corrected chi connectivity index (χ3v) is 3.94. The van der Waals surface area contributed by atoms with Gasteiger partial charge >= 0.3 is 12.2 Å². The van der Waals surface area contributed by atoms with Crippen molar-refractivity contribution in [1.29, 1.82) is 0 Å². The van der Waals surface area contributed by atoms with Crippen LogP contribution >= 0.6 is 0 Å². The van der Waals surface area contributed by atoms with E-state index in [1.165, 1.54) is 12.0 Å². The molecule has 1 aromatic carbocycles. The first kappa shape index (κ1) is 18.9. The van der Waals surface area contributed by atoms with Crippen LogP contribution in [0.1, 0.15) is 12.8 Å². The number of halogens is 3. The topological polar surface area (TPSA) is 70.7 Å². The van der Waals surface area contributed by atoms with Crippen molar-refractivity contribution in [2.24, 2.45) is 5.92 Å². The molecule has 0 radical (unpaired) electrons. The number of urea groups is 1. The van der Waals surface area contributed by atoms with Gasteiger partial charge in [0.15, 0.2) is 0 Å². The standard InChI is InChI=1S/C16H20F3N3O3/c1-25-13-4-2-3-12(9-13)21-15(24)22-7-5-11(6-8-22)14(23)20-10-16(17,18)19/h2-4,9,11H,5-8,10H2,1H3,(H,20,23)(H,21,24). The van der Waals surface area contributed by atoms with Crippen molar-refractivity contribution >= 4 is 17.6 Å². The number of piperidine rings is 1. The van der Waals surface area contributed by atoms with Crippen molar-refractivity contribution in [3.05, 3.63) is 24.3 Å². The minimum Gasteiger partial charge on any atom is -0.497 e. The molecule has 9 heteroatoms. The number of carbonyl (C=O) groups is 2. The zero-order valence-electron chi connectivity index (χ0n) is 13.7. The molecule has 1 aliphatic rings. The average molecular weight is 359 g/mol. The zero-order chi connectivity index (χ0) is 18.4. The molecule has 138 valence electrons. The molecule has 3 amide bonds. The second kappa shape index (κ2) is 8.09. The van der Waals surface area contributed by atoms with E-state index in [0.717, 1.165) is 0 Å². The summed E-state index contributed by atoms with van der Waals surface area (Å²) in [7, 11) is 1.52. The van der Waals surface area contributed by atoms with Gasteiger partial charge in [0.2, 0.25) is 5.91 Å². The predicted molar refractivity (Wildman–Crippen MR) is 85.4 cm³/mol. The lowest BCUT2D eigenvalue weighted by atomic mass is 9.96. The number of methoxy groups -OCH3 is 1. The predicted octanol–water partition coefficient (Wildman–Crippen LogP) is 2.62. The highest BCUT2D eigenvalue weighted by Crippen LogP contribution is 2.21. The summed E-state index contributed by atoms with van der Waals surface area (Å²) < 4.78 is 41.5. The smallest absolute Gasteiger partial charge is 0.405 e. The Morgan fingerprint density at radius 3 is 2.56 bits per heavy atom. The van der Waals surface area contributed by atoms with Gasteiger partial charge in [0.05, 0.1) is 7.11 Å². The minimum absolute atomic E-state index is 0.305. The molecule has 0 aromatic heterocycles. The number of alkyl halides is 3. The molecule has 2 rings (SSSR count). The number of benzene rings is 1. The van der Waals surface area contributed by atoms with Crippen molar-refractivity contribution in [1.82, 2.24) is 10.2 Å². The van der Waals surface area contributed by atoms with E-state index in [1.807, 2.05) is 5.32 Å². The van der Waals surface area contributed by atoms with Crippen molar-refractivity contribution < 1.29 is 27.5 Å². The number of nitrogens with one attached hydrogen (secondary N) is 2. The number of likely N-dealkylation sites (tertiary alicyclic amines) is 1. The van der Waals surface area contributed by atoms with Gasteiger partial charge in [0.1, 0.15) is 12.3 Å². The van der Waals surface area contributed by atoms with Crippen molar-refractivity contribution in [3.8, 4) is 5.75 Å². The van der Waals surface area contributed by atoms with Gasteiger partial charge in [-0.05, 0) is 25.0 Å². The van der Waals surface area contributed by atoms with Gasteiger partial charge in [-0.1, -0.05) is 6.07 Å². The lowest BCUT2D eigenvalue weighted by molar-refractivity contribution is -0.141. The van der Waals surface area contributed by atoms with Crippen LogP contribution in [0.4, 0.5) is 23.7 Å². The summed E-state index contributed by atoms with van der Waals surface area (Å²) >= 11 is 0. The maximum absolute atomic E-state index is 12.2. The minimum atomic E-state index is -4.42. The molecule has 0 bridgehead atoms. The second-order valence-electron chi connectivity index (χ2n) is 5.76. The van der Waals surface area contributed by atoms with E-state index in [1.54, 1.807) is 24.3 Å². The van der Waals surface area contributed by atoms with Gasteiger partial charge in [-0.25, -0.2) is 4.79 Å². The van der Waals surface area contributed by atoms with Crippen LogP contribution in [0.2, 0.25) is 0 Å². The van der Waals surface area contributed by atoms with Crippen LogP contribution in [0.3, 0.4) is 0 Å². The molecule has 1 aromatic rings. The average Bonchev–Trinajstić information content (AvgIpc) is 2.59. The Hall–Kier alpha value is -2.45. The summed E-state index contributed by atoms with van der Waals surface area (Å²) in [6.45, 7) is -0.720. The van der Waals surface area contributed by atoms with E-state index in [-0.39, 0.29) is 6.03 Å². The maximum atomic E-state index is 12.2. The van der Waals surface area contributed by atoms with E-state index in [2.05, 4.69) is 5.32 Å². The normalized spacial score (nSPS) is 15.6. The number of carbonyl (C=O) groups excluding carboxylic acids is 2. The fraction of sp³-hybridized carbons (Fsp3) is 0.500. The van der Waals surface area contributed by atoms with E-state index in [4.69, 9.17) is 4.74 Å². The van der Waals surface area contributed by atoms with E-state index in [0.29, 0.717) is 37.4 Å². The van der Waals surface area contributed by atoms with Crippen molar-refractivity contribution in [3.63, 3.8) is 0 Å². The molecule has 1 aliphatic heterocycles. The van der Waals surface area contributed by atoms with Crippen LogP contribution in [0.25, 0.3) is 0 Å². The number of ether oxygens (including phenoxy) is 1. The number of nitrogens with zero attached hydrogens (tertiary/aromatic N) is 1. The molecular formula is C16H20F3N3O3. The molecule has 1 fully saturated rings. The highest BCUT2D eigenvalue weighted by atomic mass is 19.4. The second-order valence-corrected chi connectivity index (χ2v) is 5.76. The fourth-order valence-corrected chi connectivity index (χ4v) is 2.58. The third kappa shape index (κ3) is 5.84. The molecule has 0 unspecified atom stereocenters. The van der Waals surface area contributed by atoms with Gasteiger partial charge in [-0.2, -0.15) is 13.2 Å². The Balaban J connectivity index is 1.80. The maximum Gasteiger partial charge on any atom is 0.405 e. The van der Waals surface area contributed by atoms with Crippen LogP contribution < -0.4 is 15.4 Å². The lowest BCUT2D eigenvalue weighted by Crippen LogP contribution is -2.45. The summed E-state index contributed by atoms with van der Waals surface area (Å²) in [5.74, 6) is -0.522. The summed E-state index contributed by atoms with van der Waals surface area (Å²) in [4.78, 5) is 25.5. The van der Waals surface area contributed by atoms with Gasteiger partial charge in [0.25, 0.3) is 0 Å². The summed E-state index contributed by atoms with van der Waals surface area (Å²) in [5, 5.41) is 4.63. The Morgan fingerprint density at radius 2 is 1.96 bits per heavy atom. The third-order valence-electron chi connectivity index (χ3n) is 3.94. The van der Waals surface area contributed by atoms with E-state index >= 15 is 0 Å². The lowest BCUT2D eigenvalue weighted by Gasteiger charge is -2.31. The first-order valence-corrected chi connectivity index (χ1v) is 7.83. The quantitative estimate of drug-likeness (QED) is 0.868. The molecule has 25 heavy (non-hydrogen) atoms. The monoisotopic (exact) mass is 359 g/mol. The highest BCUT2D eigenvalue weighted by molar-refractivity contribution is 5.89. The Labute approximate surface area is 143 Å². The van der Waals surface area contributed by atoms with E-state index in [9.17, 15) is 22.8 Å². The Kier molecular flexibility index (Phi) is 6.11. The first-order chi connectivity index (χ1) is 11.8. The molecular weight excluding hydrogens is 339 g/mol. The number of hydrogen-bond donors (Lipinski definition) is 2. The fourth-order valence-electron chi connectivity index (χ4n) is 2.58. The molecule has 0 spiro atoms. The van der Waals surface area contributed by atoms with Gasteiger partial charge in [0, 0.05) is 30.8 Å². The number of hydrogen-bond acceptors (Lipinski definition) is 3. The van der Waals surface area contributed by atoms with Gasteiger partial charge in [-0.15, -0.1) is 0 Å². The number of anilines is 1. The largest absolute Gasteiger partial charge is 0.497 e. The Bertz CT molecular complexity index is 614. The molecule has 1 heterocycles. The first-order valence-electron chi connectivity index (χ1n) is 7.83. The van der Waals surface area contributed by atoms with Crippen LogP contribution in [0.15, 0.2) is 24.3 Å². The molecule has 0 aliphatic carbocycles. The molecule has 0 saturated carbocycles. The molecule has 2 N–H and O–H groups in total. The zero-order valence-corrected chi connectivity index (χ0v) is 13.7. The van der Waals surface area contributed by atoms with Gasteiger partial charge in [-0.3, -0.25) is 4.79 Å². The van der Waals surface area contributed by atoms with Crippen molar-refractivity contribution in [2.75, 3.05) is 32.1 Å². The van der Waals surface area contributed by atoms with Crippen LogP contribution in [0.5, 0.6) is 5.75 Å². The van der Waals surface area contributed by atoms with Gasteiger partial charge < -0.3 is 20.3 Å². The summed E-state index contributed by atoms with van der Waals surface area (Å²) in [6, 6.07) is 6.57. The highest BCUT2D eigenvalue weighted by Gasteiger charge is 2.31. The molecule has 6 nitrogen and oxygen atoms in total. The Morgan fingerprint density at radius 1 is 1.28 bits per heavy atom. The van der Waals surface area contributed by atoms with Crippen molar-refractivity contribution in [2.45, 2.75) is 19.0 Å². The van der Waals surface area contributed by atoms with Crippen LogP contribution in [-0.4, -0.2) is 49.8 Å². The molecule has 0 atom stereocenters. The number of amides is 3. The van der Waals surface area contributed by atoms with Crippen LogP contribution in [-0.2, 0) is 4.79 Å². The van der Waals surface area contributed by atoms with Crippen LogP contribution in [0, 0.1) is 5.92 Å². The number of rotatable bonds is 4.